The van der Waals surface area contributed by atoms with E-state index in [9.17, 15) is 4.79 Å². The average Bonchev–Trinajstić information content (AvgIpc) is 2.86. The van der Waals surface area contributed by atoms with Gasteiger partial charge in [0.2, 0.25) is 5.91 Å². The summed E-state index contributed by atoms with van der Waals surface area (Å²) in [6.07, 6.45) is 0.399. The molecule has 2 aromatic rings. The molecular formula is C18H19NO2. The number of para-hydroxylation sites is 2. The van der Waals surface area contributed by atoms with Crippen molar-refractivity contribution in [1.82, 2.24) is 0 Å². The van der Waals surface area contributed by atoms with Gasteiger partial charge in [-0.2, -0.15) is 0 Å². The summed E-state index contributed by atoms with van der Waals surface area (Å²) >= 11 is 0. The molecule has 1 aliphatic rings. The van der Waals surface area contributed by atoms with Crippen LogP contribution in [0.4, 0.5) is 5.69 Å². The van der Waals surface area contributed by atoms with E-state index in [1.165, 1.54) is 5.56 Å². The maximum absolute atomic E-state index is 12.4. The molecule has 1 atom stereocenters. The molecule has 0 spiro atoms. The summed E-state index contributed by atoms with van der Waals surface area (Å²) in [5.74, 6) is 1.34. The monoisotopic (exact) mass is 281 g/mol. The standard InChI is InChI=1S/C18H19NO2/c1-14-13-19(17-10-6-5-9-16(14)17)18(20)11-12-21-15-7-3-2-4-8-15/h2-10,14H,11-13H2,1H3. The maximum atomic E-state index is 12.4. The van der Waals surface area contributed by atoms with Crippen molar-refractivity contribution in [3.63, 3.8) is 0 Å². The quantitative estimate of drug-likeness (QED) is 0.857. The van der Waals surface area contributed by atoms with Crippen LogP contribution in [0.15, 0.2) is 54.6 Å². The smallest absolute Gasteiger partial charge is 0.230 e. The zero-order valence-electron chi connectivity index (χ0n) is 12.2. The van der Waals surface area contributed by atoms with Crippen molar-refractivity contribution >= 4 is 11.6 Å². The van der Waals surface area contributed by atoms with Crippen LogP contribution in [0.25, 0.3) is 0 Å². The number of nitrogens with zero attached hydrogens (tertiary/aromatic N) is 1. The van der Waals surface area contributed by atoms with Gasteiger partial charge in [-0.15, -0.1) is 0 Å². The second-order valence-electron chi connectivity index (χ2n) is 5.38. The molecule has 1 heterocycles. The summed E-state index contributed by atoms with van der Waals surface area (Å²) < 4.78 is 5.60. The van der Waals surface area contributed by atoms with E-state index in [0.29, 0.717) is 18.9 Å². The van der Waals surface area contributed by atoms with Gasteiger partial charge in [0.1, 0.15) is 5.75 Å². The van der Waals surface area contributed by atoms with Crippen LogP contribution in [0.1, 0.15) is 24.8 Å². The topological polar surface area (TPSA) is 29.5 Å². The minimum atomic E-state index is 0.128. The fourth-order valence-corrected chi connectivity index (χ4v) is 2.76. The molecule has 3 heteroatoms. The molecule has 0 bridgehead atoms. The number of fused-ring (bicyclic) bond motifs is 1. The molecule has 0 fully saturated rings. The molecular weight excluding hydrogens is 262 g/mol. The van der Waals surface area contributed by atoms with Crippen LogP contribution in [-0.2, 0) is 4.79 Å². The van der Waals surface area contributed by atoms with Crippen molar-refractivity contribution in [2.24, 2.45) is 0 Å². The summed E-state index contributed by atoms with van der Waals surface area (Å²) in [5, 5.41) is 0. The highest BCUT2D eigenvalue weighted by molar-refractivity contribution is 5.95. The highest BCUT2D eigenvalue weighted by atomic mass is 16.5. The van der Waals surface area contributed by atoms with E-state index in [1.54, 1.807) is 0 Å². The Morgan fingerprint density at radius 1 is 1.14 bits per heavy atom. The van der Waals surface area contributed by atoms with Gasteiger partial charge in [0.15, 0.2) is 0 Å². The summed E-state index contributed by atoms with van der Waals surface area (Å²) in [6, 6.07) is 17.7. The highest BCUT2D eigenvalue weighted by Crippen LogP contribution is 2.35. The molecule has 0 radical (unpaired) electrons. The minimum Gasteiger partial charge on any atom is -0.493 e. The third kappa shape index (κ3) is 2.92. The van der Waals surface area contributed by atoms with Gasteiger partial charge in [-0.3, -0.25) is 4.79 Å². The number of ether oxygens (including phenoxy) is 1. The second kappa shape index (κ2) is 6.00. The Balaban J connectivity index is 1.60. The first-order chi connectivity index (χ1) is 10.3. The van der Waals surface area contributed by atoms with Gasteiger partial charge in [0.05, 0.1) is 13.0 Å². The zero-order valence-corrected chi connectivity index (χ0v) is 12.2. The summed E-state index contributed by atoms with van der Waals surface area (Å²) in [6.45, 7) is 3.34. The Morgan fingerprint density at radius 2 is 1.86 bits per heavy atom. The third-order valence-corrected chi connectivity index (χ3v) is 3.84. The van der Waals surface area contributed by atoms with Gasteiger partial charge in [-0.1, -0.05) is 43.3 Å². The maximum Gasteiger partial charge on any atom is 0.230 e. The molecule has 108 valence electrons. The Kier molecular flexibility index (Phi) is 3.91. The molecule has 21 heavy (non-hydrogen) atoms. The number of hydrogen-bond donors (Lipinski definition) is 0. The van der Waals surface area contributed by atoms with Gasteiger partial charge < -0.3 is 9.64 Å². The number of amides is 1. The van der Waals surface area contributed by atoms with E-state index in [2.05, 4.69) is 13.0 Å². The third-order valence-electron chi connectivity index (χ3n) is 3.84. The fraction of sp³-hybridized carbons (Fsp3) is 0.278. The number of anilines is 1. The van der Waals surface area contributed by atoms with Crippen molar-refractivity contribution in [3.8, 4) is 5.75 Å². The molecule has 0 aliphatic carbocycles. The average molecular weight is 281 g/mol. The lowest BCUT2D eigenvalue weighted by Crippen LogP contribution is -2.30. The van der Waals surface area contributed by atoms with Crippen LogP contribution in [0.2, 0.25) is 0 Å². The van der Waals surface area contributed by atoms with E-state index in [4.69, 9.17) is 4.74 Å². The van der Waals surface area contributed by atoms with Gasteiger partial charge >= 0.3 is 0 Å². The SMILES string of the molecule is CC1CN(C(=O)CCOc2ccccc2)c2ccccc21. The van der Waals surface area contributed by atoms with E-state index < -0.39 is 0 Å². The lowest BCUT2D eigenvalue weighted by molar-refractivity contribution is -0.119. The Labute approximate surface area is 125 Å². The normalized spacial score (nSPS) is 16.6. The van der Waals surface area contributed by atoms with Crippen molar-refractivity contribution in [3.05, 3.63) is 60.2 Å². The first-order valence-electron chi connectivity index (χ1n) is 7.33. The first kappa shape index (κ1) is 13.7. The minimum absolute atomic E-state index is 0.128. The van der Waals surface area contributed by atoms with Crippen molar-refractivity contribution in [1.29, 1.82) is 0 Å². The second-order valence-corrected chi connectivity index (χ2v) is 5.38. The number of rotatable bonds is 4. The highest BCUT2D eigenvalue weighted by Gasteiger charge is 2.28. The molecule has 3 nitrogen and oxygen atoms in total. The zero-order chi connectivity index (χ0) is 14.7. The van der Waals surface area contributed by atoms with Crippen molar-refractivity contribution in [2.75, 3.05) is 18.1 Å². The molecule has 0 saturated carbocycles. The van der Waals surface area contributed by atoms with Gasteiger partial charge in [0.25, 0.3) is 0 Å². The predicted octanol–water partition coefficient (Wildman–Crippen LogP) is 3.61. The van der Waals surface area contributed by atoms with E-state index in [-0.39, 0.29) is 5.91 Å². The molecule has 0 N–H and O–H groups in total. The number of carbonyl (C=O) groups is 1. The Morgan fingerprint density at radius 3 is 2.67 bits per heavy atom. The van der Waals surface area contributed by atoms with Crippen LogP contribution < -0.4 is 9.64 Å². The summed E-state index contributed by atoms with van der Waals surface area (Å²) in [7, 11) is 0. The van der Waals surface area contributed by atoms with Crippen LogP contribution >= 0.6 is 0 Å². The molecule has 1 aliphatic heterocycles. The van der Waals surface area contributed by atoms with E-state index in [0.717, 1.165) is 18.0 Å². The molecule has 2 aromatic carbocycles. The number of hydrogen-bond acceptors (Lipinski definition) is 2. The first-order valence-corrected chi connectivity index (χ1v) is 7.33. The van der Waals surface area contributed by atoms with E-state index >= 15 is 0 Å². The van der Waals surface area contributed by atoms with Crippen LogP contribution in [-0.4, -0.2) is 19.1 Å². The van der Waals surface area contributed by atoms with Crippen LogP contribution in [0, 0.1) is 0 Å². The van der Waals surface area contributed by atoms with Gasteiger partial charge in [0, 0.05) is 18.2 Å². The number of carbonyl (C=O) groups excluding carboxylic acids is 1. The largest absolute Gasteiger partial charge is 0.493 e. The summed E-state index contributed by atoms with van der Waals surface area (Å²) in [5.41, 5.74) is 2.31. The summed E-state index contributed by atoms with van der Waals surface area (Å²) in [4.78, 5) is 14.3. The van der Waals surface area contributed by atoms with Crippen LogP contribution in [0.3, 0.4) is 0 Å². The predicted molar refractivity (Wildman–Crippen MR) is 83.8 cm³/mol. The number of benzene rings is 2. The Hall–Kier alpha value is -2.29. The van der Waals surface area contributed by atoms with Crippen molar-refractivity contribution < 1.29 is 9.53 Å². The van der Waals surface area contributed by atoms with Gasteiger partial charge in [-0.25, -0.2) is 0 Å². The molecule has 0 saturated heterocycles. The van der Waals surface area contributed by atoms with Crippen molar-refractivity contribution in [2.45, 2.75) is 19.3 Å². The molecule has 3 rings (SSSR count). The Bertz CT molecular complexity index is 624. The molecule has 1 amide bonds. The van der Waals surface area contributed by atoms with Gasteiger partial charge in [-0.05, 0) is 23.8 Å². The fourth-order valence-electron chi connectivity index (χ4n) is 2.76. The van der Waals surface area contributed by atoms with E-state index in [1.807, 2.05) is 53.4 Å². The molecule has 1 unspecified atom stereocenters. The van der Waals surface area contributed by atoms with Crippen LogP contribution in [0.5, 0.6) is 5.75 Å². The lowest BCUT2D eigenvalue weighted by atomic mass is 10.0. The lowest BCUT2D eigenvalue weighted by Gasteiger charge is -2.17. The molecule has 0 aromatic heterocycles.